The number of aryl methyl sites for hydroxylation is 2. The zero-order valence-corrected chi connectivity index (χ0v) is 20.6. The SMILES string of the molecule is Cc1ccc(NC(=O)CCC(=O)NNC(=S)NC(=O)C(C)Oc2ccc(Cl)cc2Cl)c(C)c1. The zero-order valence-electron chi connectivity index (χ0n) is 18.3. The molecule has 2 aromatic carbocycles. The Bertz CT molecular complexity index is 1060. The van der Waals surface area contributed by atoms with Gasteiger partial charge < -0.3 is 10.1 Å². The fourth-order valence-corrected chi connectivity index (χ4v) is 3.25. The molecule has 1 atom stereocenters. The number of hydrogen-bond acceptors (Lipinski definition) is 5. The average Bonchev–Trinajstić information content (AvgIpc) is 2.74. The van der Waals surface area contributed by atoms with Gasteiger partial charge in [-0.1, -0.05) is 40.9 Å². The molecule has 11 heteroatoms. The van der Waals surface area contributed by atoms with Crippen molar-refractivity contribution in [1.82, 2.24) is 16.2 Å². The van der Waals surface area contributed by atoms with Gasteiger partial charge in [0.25, 0.3) is 5.91 Å². The minimum absolute atomic E-state index is 0.0212. The molecule has 2 aromatic rings. The number of carbonyl (C=O) groups excluding carboxylic acids is 3. The summed E-state index contributed by atoms with van der Waals surface area (Å²) in [4.78, 5) is 36.3. The van der Waals surface area contributed by atoms with Crippen LogP contribution in [0.25, 0.3) is 0 Å². The third-order valence-electron chi connectivity index (χ3n) is 4.35. The first kappa shape index (κ1) is 26.4. The Balaban J connectivity index is 1.70. The third-order valence-corrected chi connectivity index (χ3v) is 5.09. The van der Waals surface area contributed by atoms with E-state index in [0.29, 0.717) is 10.7 Å². The van der Waals surface area contributed by atoms with Crippen molar-refractivity contribution in [2.45, 2.75) is 39.7 Å². The molecule has 4 N–H and O–H groups in total. The smallest absolute Gasteiger partial charge is 0.266 e. The minimum Gasteiger partial charge on any atom is -0.479 e. The number of hydrazine groups is 1. The summed E-state index contributed by atoms with van der Waals surface area (Å²) < 4.78 is 5.50. The number of ether oxygens (including phenoxy) is 1. The highest BCUT2D eigenvalue weighted by Gasteiger charge is 2.18. The van der Waals surface area contributed by atoms with Crippen LogP contribution in [0.15, 0.2) is 36.4 Å². The van der Waals surface area contributed by atoms with Gasteiger partial charge in [-0.2, -0.15) is 0 Å². The molecule has 2 rings (SSSR count). The van der Waals surface area contributed by atoms with E-state index in [-0.39, 0.29) is 34.6 Å². The van der Waals surface area contributed by atoms with Crippen molar-refractivity contribution in [2.75, 3.05) is 5.32 Å². The number of rotatable bonds is 7. The molecule has 0 saturated carbocycles. The minimum atomic E-state index is -0.923. The van der Waals surface area contributed by atoms with Crippen LogP contribution in [-0.2, 0) is 14.4 Å². The normalized spacial score (nSPS) is 11.2. The Morgan fingerprint density at radius 3 is 2.36 bits per heavy atom. The number of benzene rings is 2. The summed E-state index contributed by atoms with van der Waals surface area (Å²) in [7, 11) is 0. The molecule has 1 unspecified atom stereocenters. The van der Waals surface area contributed by atoms with Crippen molar-refractivity contribution in [1.29, 1.82) is 0 Å². The number of carbonyl (C=O) groups is 3. The highest BCUT2D eigenvalue weighted by atomic mass is 35.5. The summed E-state index contributed by atoms with van der Waals surface area (Å²) in [5.74, 6) is -1.03. The van der Waals surface area contributed by atoms with Gasteiger partial charge in [-0.3, -0.25) is 30.6 Å². The second-order valence-corrected chi connectivity index (χ2v) is 8.44. The number of hydrogen-bond donors (Lipinski definition) is 4. The summed E-state index contributed by atoms with van der Waals surface area (Å²) in [6.07, 6.45) is -1.02. The van der Waals surface area contributed by atoms with Gasteiger partial charge in [-0.05, 0) is 62.8 Å². The van der Waals surface area contributed by atoms with Crippen molar-refractivity contribution in [3.63, 3.8) is 0 Å². The van der Waals surface area contributed by atoms with Gasteiger partial charge in [0.15, 0.2) is 11.2 Å². The molecule has 0 bridgehead atoms. The lowest BCUT2D eigenvalue weighted by atomic mass is 10.1. The molecular formula is C22H24Cl2N4O4S. The number of amides is 3. The van der Waals surface area contributed by atoms with Crippen molar-refractivity contribution in [3.05, 3.63) is 57.6 Å². The van der Waals surface area contributed by atoms with Crippen LogP contribution < -0.4 is 26.2 Å². The first-order valence-corrected chi connectivity index (χ1v) is 11.1. The number of halogens is 2. The molecule has 0 aliphatic carbocycles. The second kappa shape index (κ2) is 12.4. The van der Waals surface area contributed by atoms with E-state index in [1.54, 1.807) is 12.1 Å². The van der Waals surface area contributed by atoms with Gasteiger partial charge in [0, 0.05) is 23.6 Å². The zero-order chi connectivity index (χ0) is 24.5. The number of anilines is 1. The predicted octanol–water partition coefficient (Wildman–Crippen LogP) is 3.82. The van der Waals surface area contributed by atoms with Crippen molar-refractivity contribution < 1.29 is 19.1 Å². The highest BCUT2D eigenvalue weighted by Crippen LogP contribution is 2.28. The molecule has 0 aromatic heterocycles. The molecule has 0 spiro atoms. The molecule has 33 heavy (non-hydrogen) atoms. The van der Waals surface area contributed by atoms with Crippen LogP contribution in [0.1, 0.15) is 30.9 Å². The number of nitrogens with one attached hydrogen (secondary N) is 4. The van der Waals surface area contributed by atoms with Gasteiger partial charge in [-0.15, -0.1) is 0 Å². The average molecular weight is 511 g/mol. The summed E-state index contributed by atoms with van der Waals surface area (Å²) in [6.45, 7) is 5.37. The summed E-state index contributed by atoms with van der Waals surface area (Å²) in [5, 5.41) is 5.72. The summed E-state index contributed by atoms with van der Waals surface area (Å²) >= 11 is 16.8. The van der Waals surface area contributed by atoms with E-state index in [9.17, 15) is 14.4 Å². The van der Waals surface area contributed by atoms with Crippen LogP contribution >= 0.6 is 35.4 Å². The van der Waals surface area contributed by atoms with Crippen LogP contribution in [0.4, 0.5) is 5.69 Å². The highest BCUT2D eigenvalue weighted by molar-refractivity contribution is 7.80. The Hall–Kier alpha value is -2.88. The maximum absolute atomic E-state index is 12.2. The lowest BCUT2D eigenvalue weighted by molar-refractivity contribution is -0.126. The lowest BCUT2D eigenvalue weighted by Crippen LogP contribution is -2.51. The van der Waals surface area contributed by atoms with E-state index in [4.69, 9.17) is 40.2 Å². The second-order valence-electron chi connectivity index (χ2n) is 7.19. The van der Waals surface area contributed by atoms with E-state index < -0.39 is 17.9 Å². The fourth-order valence-electron chi connectivity index (χ4n) is 2.64. The van der Waals surface area contributed by atoms with Gasteiger partial charge >= 0.3 is 0 Å². The summed E-state index contributed by atoms with van der Waals surface area (Å²) in [6, 6.07) is 10.3. The van der Waals surface area contributed by atoms with Crippen molar-refractivity contribution in [2.24, 2.45) is 0 Å². The largest absolute Gasteiger partial charge is 0.479 e. The van der Waals surface area contributed by atoms with E-state index >= 15 is 0 Å². The van der Waals surface area contributed by atoms with E-state index in [2.05, 4.69) is 21.5 Å². The van der Waals surface area contributed by atoms with Crippen LogP contribution in [-0.4, -0.2) is 28.9 Å². The van der Waals surface area contributed by atoms with Gasteiger partial charge in [0.05, 0.1) is 5.02 Å². The molecule has 0 saturated heterocycles. The standard InChI is InChI=1S/C22H24Cl2N4O4S/c1-12-4-6-17(13(2)10-12)25-19(29)8-9-20(30)27-28-22(33)26-21(31)14(3)32-18-7-5-15(23)11-16(18)24/h4-7,10-11,14H,8-9H2,1-3H3,(H,25,29)(H,27,30)(H2,26,28,31,33). The molecule has 0 aliphatic rings. The monoisotopic (exact) mass is 510 g/mol. The molecular weight excluding hydrogens is 487 g/mol. The van der Waals surface area contributed by atoms with Crippen LogP contribution in [0, 0.1) is 13.8 Å². The van der Waals surface area contributed by atoms with E-state index in [0.717, 1.165) is 11.1 Å². The maximum atomic E-state index is 12.2. The number of thiocarbonyl (C=S) groups is 1. The first-order valence-electron chi connectivity index (χ1n) is 9.93. The topological polar surface area (TPSA) is 109 Å². The maximum Gasteiger partial charge on any atom is 0.266 e. The summed E-state index contributed by atoms with van der Waals surface area (Å²) in [5.41, 5.74) is 7.46. The van der Waals surface area contributed by atoms with Gasteiger partial charge in [0.2, 0.25) is 11.8 Å². The molecule has 0 heterocycles. The van der Waals surface area contributed by atoms with E-state index in [1.807, 2.05) is 32.0 Å². The Labute approximate surface area is 207 Å². The fraction of sp³-hybridized carbons (Fsp3) is 0.273. The van der Waals surface area contributed by atoms with E-state index in [1.165, 1.54) is 13.0 Å². The van der Waals surface area contributed by atoms with Gasteiger partial charge in [0.1, 0.15) is 5.75 Å². The molecule has 0 fully saturated rings. The van der Waals surface area contributed by atoms with Crippen LogP contribution in [0.3, 0.4) is 0 Å². The molecule has 8 nitrogen and oxygen atoms in total. The Kier molecular flexibility index (Phi) is 9.90. The molecule has 176 valence electrons. The van der Waals surface area contributed by atoms with Gasteiger partial charge in [-0.25, -0.2) is 0 Å². The van der Waals surface area contributed by atoms with Crippen molar-refractivity contribution in [3.8, 4) is 5.75 Å². The quantitative estimate of drug-likeness (QED) is 0.333. The van der Waals surface area contributed by atoms with Crippen molar-refractivity contribution >= 4 is 63.9 Å². The van der Waals surface area contributed by atoms with Crippen LogP contribution in [0.5, 0.6) is 5.75 Å². The first-order chi connectivity index (χ1) is 15.5. The molecule has 3 amide bonds. The predicted molar refractivity (Wildman–Crippen MR) is 132 cm³/mol. The molecule has 0 radical (unpaired) electrons. The van der Waals surface area contributed by atoms with Crippen LogP contribution in [0.2, 0.25) is 10.0 Å². The lowest BCUT2D eigenvalue weighted by Gasteiger charge is -2.17. The Morgan fingerprint density at radius 1 is 1.00 bits per heavy atom. The molecule has 0 aliphatic heterocycles. The Morgan fingerprint density at radius 2 is 1.70 bits per heavy atom. The third kappa shape index (κ3) is 8.88.